The van der Waals surface area contributed by atoms with E-state index in [1.165, 1.54) is 5.56 Å². The molecule has 2 aromatic rings. The van der Waals surface area contributed by atoms with Crippen LogP contribution in [-0.2, 0) is 18.3 Å². The van der Waals surface area contributed by atoms with Gasteiger partial charge in [0.2, 0.25) is 0 Å². The first-order valence-corrected chi connectivity index (χ1v) is 8.24. The Morgan fingerprint density at radius 3 is 3.10 bits per heavy atom. The normalized spacial score (nSPS) is 21.5. The molecule has 0 amide bonds. The van der Waals surface area contributed by atoms with Crippen LogP contribution in [0.15, 0.2) is 36.0 Å². The number of ether oxygens (including phenoxy) is 1. The molecule has 1 aliphatic heterocycles. The van der Waals surface area contributed by atoms with Crippen LogP contribution in [0.1, 0.15) is 23.0 Å². The molecule has 1 saturated heterocycles. The SMILES string of the molecule is Cn1ccc(CN2CCOCC2CC(O)c2cccs2)c1. The fourth-order valence-electron chi connectivity index (χ4n) is 2.86. The monoisotopic (exact) mass is 306 g/mol. The predicted octanol–water partition coefficient (Wildman–Crippen LogP) is 2.41. The van der Waals surface area contributed by atoms with Gasteiger partial charge in [0.1, 0.15) is 0 Å². The Morgan fingerprint density at radius 1 is 1.48 bits per heavy atom. The van der Waals surface area contributed by atoms with Crippen molar-refractivity contribution in [3.8, 4) is 0 Å². The van der Waals surface area contributed by atoms with E-state index in [0.29, 0.717) is 6.61 Å². The maximum atomic E-state index is 10.4. The van der Waals surface area contributed by atoms with Crippen LogP contribution in [0.25, 0.3) is 0 Å². The van der Waals surface area contributed by atoms with Gasteiger partial charge in [0.25, 0.3) is 0 Å². The molecule has 0 aromatic carbocycles. The molecule has 2 unspecified atom stereocenters. The average molecular weight is 306 g/mol. The van der Waals surface area contributed by atoms with Gasteiger partial charge in [-0.25, -0.2) is 0 Å². The van der Waals surface area contributed by atoms with Gasteiger partial charge in [-0.1, -0.05) is 6.07 Å². The molecule has 0 bridgehead atoms. The summed E-state index contributed by atoms with van der Waals surface area (Å²) < 4.78 is 7.69. The van der Waals surface area contributed by atoms with Gasteiger partial charge in [0, 0.05) is 43.4 Å². The molecule has 21 heavy (non-hydrogen) atoms. The van der Waals surface area contributed by atoms with Crippen LogP contribution in [0.5, 0.6) is 0 Å². The third kappa shape index (κ3) is 3.74. The van der Waals surface area contributed by atoms with E-state index in [-0.39, 0.29) is 6.04 Å². The number of aromatic nitrogens is 1. The van der Waals surface area contributed by atoms with Crippen LogP contribution in [0.3, 0.4) is 0 Å². The van der Waals surface area contributed by atoms with E-state index in [1.54, 1.807) is 11.3 Å². The summed E-state index contributed by atoms with van der Waals surface area (Å²) in [5.41, 5.74) is 1.31. The quantitative estimate of drug-likeness (QED) is 0.922. The number of morpholine rings is 1. The summed E-state index contributed by atoms with van der Waals surface area (Å²) in [6, 6.07) is 6.42. The minimum Gasteiger partial charge on any atom is -0.388 e. The molecule has 3 rings (SSSR count). The first-order valence-electron chi connectivity index (χ1n) is 7.36. The van der Waals surface area contributed by atoms with Crippen LogP contribution in [-0.4, -0.2) is 40.4 Å². The first kappa shape index (κ1) is 14.8. The maximum Gasteiger partial charge on any atom is 0.0897 e. The van der Waals surface area contributed by atoms with Gasteiger partial charge >= 0.3 is 0 Å². The second kappa shape index (κ2) is 6.75. The molecule has 1 N–H and O–H groups in total. The van der Waals surface area contributed by atoms with Crippen LogP contribution in [0.2, 0.25) is 0 Å². The molecule has 3 heterocycles. The van der Waals surface area contributed by atoms with Gasteiger partial charge in [0.05, 0.1) is 19.3 Å². The molecule has 0 radical (unpaired) electrons. The second-order valence-corrected chi connectivity index (χ2v) is 6.63. The van der Waals surface area contributed by atoms with Crippen molar-refractivity contribution in [1.82, 2.24) is 9.47 Å². The lowest BCUT2D eigenvalue weighted by Gasteiger charge is -2.36. The minimum atomic E-state index is -0.394. The highest BCUT2D eigenvalue weighted by Gasteiger charge is 2.26. The van der Waals surface area contributed by atoms with Gasteiger partial charge in [-0.2, -0.15) is 0 Å². The standard InChI is InChI=1S/C16H22N2O2S/c1-17-5-4-13(10-17)11-18-6-7-20-12-14(18)9-15(19)16-3-2-8-21-16/h2-5,8,10,14-15,19H,6-7,9,11-12H2,1H3. The van der Waals surface area contributed by atoms with E-state index in [0.717, 1.165) is 31.0 Å². The molecular formula is C16H22N2O2S. The van der Waals surface area contributed by atoms with Crippen molar-refractivity contribution in [3.05, 3.63) is 46.4 Å². The second-order valence-electron chi connectivity index (χ2n) is 5.65. The Hall–Kier alpha value is -1.14. The molecule has 114 valence electrons. The Bertz CT molecular complexity index is 552. The smallest absolute Gasteiger partial charge is 0.0897 e. The van der Waals surface area contributed by atoms with Crippen molar-refractivity contribution in [2.24, 2.45) is 7.05 Å². The van der Waals surface area contributed by atoms with Crippen molar-refractivity contribution < 1.29 is 9.84 Å². The van der Waals surface area contributed by atoms with E-state index in [1.807, 2.05) is 24.6 Å². The summed E-state index contributed by atoms with van der Waals surface area (Å²) in [6.45, 7) is 3.33. The van der Waals surface area contributed by atoms with Crippen molar-refractivity contribution in [1.29, 1.82) is 0 Å². The predicted molar refractivity (Wildman–Crippen MR) is 84.3 cm³/mol. The third-order valence-electron chi connectivity index (χ3n) is 4.00. The third-order valence-corrected chi connectivity index (χ3v) is 4.97. The number of rotatable bonds is 5. The Morgan fingerprint density at radius 2 is 2.38 bits per heavy atom. The van der Waals surface area contributed by atoms with Crippen LogP contribution >= 0.6 is 11.3 Å². The summed E-state index contributed by atoms with van der Waals surface area (Å²) in [5, 5.41) is 12.4. The molecule has 2 atom stereocenters. The topological polar surface area (TPSA) is 37.6 Å². The van der Waals surface area contributed by atoms with Crippen LogP contribution < -0.4 is 0 Å². The minimum absolute atomic E-state index is 0.274. The fourth-order valence-corrected chi connectivity index (χ4v) is 3.58. The molecule has 2 aromatic heterocycles. The first-order chi connectivity index (χ1) is 10.2. The number of thiophene rings is 1. The molecule has 0 spiro atoms. The summed E-state index contributed by atoms with van der Waals surface area (Å²) in [7, 11) is 2.04. The van der Waals surface area contributed by atoms with Gasteiger partial charge in [-0.3, -0.25) is 4.90 Å². The van der Waals surface area contributed by atoms with E-state index in [9.17, 15) is 5.11 Å². The summed E-state index contributed by atoms with van der Waals surface area (Å²) in [4.78, 5) is 3.47. The van der Waals surface area contributed by atoms with Gasteiger partial charge in [-0.15, -0.1) is 11.3 Å². The van der Waals surface area contributed by atoms with E-state index < -0.39 is 6.10 Å². The molecular weight excluding hydrogens is 284 g/mol. The largest absolute Gasteiger partial charge is 0.388 e. The zero-order valence-corrected chi connectivity index (χ0v) is 13.1. The summed E-state index contributed by atoms with van der Waals surface area (Å²) in [6.07, 6.45) is 4.57. The van der Waals surface area contributed by atoms with E-state index >= 15 is 0 Å². The van der Waals surface area contributed by atoms with Crippen molar-refractivity contribution in [3.63, 3.8) is 0 Å². The Kier molecular flexibility index (Phi) is 4.75. The molecule has 0 saturated carbocycles. The van der Waals surface area contributed by atoms with E-state index in [4.69, 9.17) is 4.74 Å². The highest BCUT2D eigenvalue weighted by molar-refractivity contribution is 7.10. The van der Waals surface area contributed by atoms with Crippen molar-refractivity contribution >= 4 is 11.3 Å². The Balaban J connectivity index is 1.63. The van der Waals surface area contributed by atoms with Gasteiger partial charge in [-0.05, 0) is 29.5 Å². The summed E-state index contributed by atoms with van der Waals surface area (Å²) in [5.74, 6) is 0. The number of aliphatic hydroxyl groups excluding tert-OH is 1. The van der Waals surface area contributed by atoms with Crippen molar-refractivity contribution in [2.75, 3.05) is 19.8 Å². The zero-order chi connectivity index (χ0) is 14.7. The lowest BCUT2D eigenvalue weighted by molar-refractivity contribution is -0.0296. The van der Waals surface area contributed by atoms with Crippen LogP contribution in [0.4, 0.5) is 0 Å². The highest BCUT2D eigenvalue weighted by atomic mass is 32.1. The lowest BCUT2D eigenvalue weighted by Crippen LogP contribution is -2.45. The van der Waals surface area contributed by atoms with Gasteiger partial charge < -0.3 is 14.4 Å². The molecule has 5 heteroatoms. The van der Waals surface area contributed by atoms with Crippen LogP contribution in [0, 0.1) is 0 Å². The van der Waals surface area contributed by atoms with E-state index in [2.05, 4.69) is 27.9 Å². The lowest BCUT2D eigenvalue weighted by atomic mass is 10.1. The number of hydrogen-bond acceptors (Lipinski definition) is 4. The maximum absolute atomic E-state index is 10.4. The molecule has 4 nitrogen and oxygen atoms in total. The van der Waals surface area contributed by atoms with Gasteiger partial charge in [0.15, 0.2) is 0 Å². The number of aryl methyl sites for hydroxylation is 1. The number of hydrogen-bond donors (Lipinski definition) is 1. The molecule has 1 fully saturated rings. The molecule has 0 aliphatic carbocycles. The highest BCUT2D eigenvalue weighted by Crippen LogP contribution is 2.26. The average Bonchev–Trinajstić information content (AvgIpc) is 3.13. The Labute approximate surface area is 129 Å². The molecule has 1 aliphatic rings. The van der Waals surface area contributed by atoms with Crippen molar-refractivity contribution in [2.45, 2.75) is 25.1 Å². The zero-order valence-electron chi connectivity index (χ0n) is 12.3. The fraction of sp³-hybridized carbons (Fsp3) is 0.500. The number of aliphatic hydroxyl groups is 1. The number of nitrogens with zero attached hydrogens (tertiary/aromatic N) is 2. The summed E-state index contributed by atoms with van der Waals surface area (Å²) >= 11 is 1.62.